The molecule has 1 N–H and O–H groups in total. The predicted octanol–water partition coefficient (Wildman–Crippen LogP) is 3.13. The molecule has 1 heterocycles. The fourth-order valence-electron chi connectivity index (χ4n) is 2.11. The maximum Gasteiger partial charge on any atom is 0.387 e. The second-order valence-electron chi connectivity index (χ2n) is 5.26. The van der Waals surface area contributed by atoms with Crippen LogP contribution in [-0.4, -0.2) is 36.9 Å². The average Bonchev–Trinajstić information content (AvgIpc) is 3.10. The fraction of sp³-hybridized carbons (Fsp3) is 0.294. The molecule has 5 nitrogen and oxygen atoms in total. The summed E-state index contributed by atoms with van der Waals surface area (Å²) in [6.45, 7) is -2.27. The number of carbonyl (C=O) groups is 2. The summed E-state index contributed by atoms with van der Waals surface area (Å²) in [6.07, 6.45) is 0.181. The molecular formula is C17H18F2N2O3S. The number of carbonyl (C=O) groups excluding carboxylic acids is 2. The number of thiophene rings is 1. The number of rotatable bonds is 8. The lowest BCUT2D eigenvalue weighted by Crippen LogP contribution is -2.31. The van der Waals surface area contributed by atoms with Crippen molar-refractivity contribution >= 4 is 23.2 Å². The Labute approximate surface area is 148 Å². The highest BCUT2D eigenvalue weighted by atomic mass is 32.1. The molecule has 0 saturated carbocycles. The van der Waals surface area contributed by atoms with Crippen molar-refractivity contribution in [3.63, 3.8) is 0 Å². The van der Waals surface area contributed by atoms with E-state index in [1.54, 1.807) is 31.3 Å². The lowest BCUT2D eigenvalue weighted by molar-refractivity contribution is -0.130. The largest absolute Gasteiger partial charge is 0.435 e. The molecule has 1 aromatic carbocycles. The van der Waals surface area contributed by atoms with Crippen LogP contribution in [0.25, 0.3) is 0 Å². The van der Waals surface area contributed by atoms with Gasteiger partial charge in [0, 0.05) is 26.6 Å². The zero-order chi connectivity index (χ0) is 18.2. The summed E-state index contributed by atoms with van der Waals surface area (Å²) in [6, 6.07) is 9.62. The molecule has 0 bridgehead atoms. The van der Waals surface area contributed by atoms with Gasteiger partial charge in [0.05, 0.1) is 4.88 Å². The van der Waals surface area contributed by atoms with E-state index in [0.29, 0.717) is 11.4 Å². The summed E-state index contributed by atoms with van der Waals surface area (Å²) in [4.78, 5) is 26.0. The van der Waals surface area contributed by atoms with E-state index in [4.69, 9.17) is 0 Å². The number of ether oxygens (including phenoxy) is 1. The summed E-state index contributed by atoms with van der Waals surface area (Å²) < 4.78 is 28.5. The number of nitrogens with zero attached hydrogens (tertiary/aromatic N) is 1. The second kappa shape index (κ2) is 9.12. The van der Waals surface area contributed by atoms with E-state index in [2.05, 4.69) is 10.1 Å². The summed E-state index contributed by atoms with van der Waals surface area (Å²) >= 11 is 1.34. The summed E-state index contributed by atoms with van der Waals surface area (Å²) in [7, 11) is 1.65. The smallest absolute Gasteiger partial charge is 0.387 e. The minimum atomic E-state index is -2.86. The van der Waals surface area contributed by atoms with Gasteiger partial charge in [-0.15, -0.1) is 11.3 Å². The van der Waals surface area contributed by atoms with Gasteiger partial charge in [-0.25, -0.2) is 0 Å². The number of halogens is 2. The first kappa shape index (κ1) is 18.9. The van der Waals surface area contributed by atoms with Crippen LogP contribution in [0.15, 0.2) is 41.8 Å². The monoisotopic (exact) mass is 368 g/mol. The molecule has 0 atom stereocenters. The minimum Gasteiger partial charge on any atom is -0.435 e. The highest BCUT2D eigenvalue weighted by Crippen LogP contribution is 2.16. The Morgan fingerprint density at radius 2 is 1.96 bits per heavy atom. The molecule has 2 amide bonds. The van der Waals surface area contributed by atoms with Gasteiger partial charge in [-0.3, -0.25) is 9.59 Å². The van der Waals surface area contributed by atoms with Gasteiger partial charge in [0.15, 0.2) is 0 Å². The Bertz CT molecular complexity index is 690. The average molecular weight is 368 g/mol. The van der Waals surface area contributed by atoms with E-state index in [9.17, 15) is 18.4 Å². The van der Waals surface area contributed by atoms with Crippen LogP contribution in [0.4, 0.5) is 8.78 Å². The van der Waals surface area contributed by atoms with Crippen LogP contribution in [-0.2, 0) is 11.3 Å². The van der Waals surface area contributed by atoms with Crippen molar-refractivity contribution in [2.24, 2.45) is 0 Å². The summed E-state index contributed by atoms with van der Waals surface area (Å²) in [5.41, 5.74) is 0.792. The molecule has 0 aliphatic heterocycles. The number of benzene rings is 1. The third-order valence-corrected chi connectivity index (χ3v) is 4.23. The maximum atomic E-state index is 12.1. The normalized spacial score (nSPS) is 10.6. The lowest BCUT2D eigenvalue weighted by atomic mass is 10.2. The molecule has 1 aromatic heterocycles. The highest BCUT2D eigenvalue weighted by Gasteiger charge is 2.11. The molecule has 0 unspecified atom stereocenters. The Hall–Kier alpha value is -2.48. The van der Waals surface area contributed by atoms with Crippen molar-refractivity contribution in [1.82, 2.24) is 10.2 Å². The minimum absolute atomic E-state index is 0.0732. The van der Waals surface area contributed by atoms with E-state index in [-0.39, 0.29) is 30.5 Å². The zero-order valence-corrected chi connectivity index (χ0v) is 14.4. The molecule has 0 radical (unpaired) electrons. The SMILES string of the molecule is CN(Cc1ccc(OC(F)F)cc1)C(=O)CCNC(=O)c1cccs1. The van der Waals surface area contributed by atoms with Gasteiger partial charge in [0.2, 0.25) is 5.91 Å². The third kappa shape index (κ3) is 6.15. The van der Waals surface area contributed by atoms with Crippen molar-refractivity contribution in [3.8, 4) is 5.75 Å². The Balaban J connectivity index is 1.75. The van der Waals surface area contributed by atoms with Crippen LogP contribution in [0.5, 0.6) is 5.75 Å². The van der Waals surface area contributed by atoms with Gasteiger partial charge < -0.3 is 15.0 Å². The van der Waals surface area contributed by atoms with Crippen LogP contribution < -0.4 is 10.1 Å². The number of hydrogen-bond donors (Lipinski definition) is 1. The molecule has 2 rings (SSSR count). The summed E-state index contributed by atoms with van der Waals surface area (Å²) in [5, 5.41) is 4.51. The first-order valence-corrected chi connectivity index (χ1v) is 8.43. The van der Waals surface area contributed by atoms with Crippen LogP contribution in [0.2, 0.25) is 0 Å². The topological polar surface area (TPSA) is 58.6 Å². The quantitative estimate of drug-likeness (QED) is 0.779. The number of hydrogen-bond acceptors (Lipinski definition) is 4. The molecule has 134 valence electrons. The van der Waals surface area contributed by atoms with E-state index in [1.165, 1.54) is 28.4 Å². The van der Waals surface area contributed by atoms with Gasteiger partial charge in [-0.05, 0) is 29.1 Å². The zero-order valence-electron chi connectivity index (χ0n) is 13.6. The maximum absolute atomic E-state index is 12.1. The molecular weight excluding hydrogens is 350 g/mol. The van der Waals surface area contributed by atoms with Gasteiger partial charge in [0.1, 0.15) is 5.75 Å². The van der Waals surface area contributed by atoms with Crippen molar-refractivity contribution < 1.29 is 23.1 Å². The molecule has 0 spiro atoms. The Kier molecular flexibility index (Phi) is 6.88. The van der Waals surface area contributed by atoms with Crippen LogP contribution in [0, 0.1) is 0 Å². The molecule has 0 aliphatic rings. The van der Waals surface area contributed by atoms with E-state index in [0.717, 1.165) is 5.56 Å². The van der Waals surface area contributed by atoms with Crippen molar-refractivity contribution in [2.45, 2.75) is 19.6 Å². The van der Waals surface area contributed by atoms with E-state index >= 15 is 0 Å². The first-order chi connectivity index (χ1) is 12.0. The van der Waals surface area contributed by atoms with Crippen LogP contribution in [0.1, 0.15) is 21.7 Å². The number of amides is 2. The van der Waals surface area contributed by atoms with Crippen molar-refractivity contribution in [1.29, 1.82) is 0 Å². The molecule has 0 fully saturated rings. The van der Waals surface area contributed by atoms with Crippen LogP contribution in [0.3, 0.4) is 0 Å². The lowest BCUT2D eigenvalue weighted by Gasteiger charge is -2.17. The Morgan fingerprint density at radius 1 is 1.24 bits per heavy atom. The molecule has 0 aliphatic carbocycles. The highest BCUT2D eigenvalue weighted by molar-refractivity contribution is 7.12. The Morgan fingerprint density at radius 3 is 2.56 bits per heavy atom. The van der Waals surface area contributed by atoms with Gasteiger partial charge in [0.25, 0.3) is 5.91 Å². The first-order valence-electron chi connectivity index (χ1n) is 7.55. The van der Waals surface area contributed by atoms with Crippen molar-refractivity contribution in [3.05, 3.63) is 52.2 Å². The fourth-order valence-corrected chi connectivity index (χ4v) is 2.75. The van der Waals surface area contributed by atoms with E-state index in [1.807, 2.05) is 5.38 Å². The predicted molar refractivity (Wildman–Crippen MR) is 90.8 cm³/mol. The molecule has 25 heavy (non-hydrogen) atoms. The van der Waals surface area contributed by atoms with Gasteiger partial charge >= 0.3 is 6.61 Å². The molecule has 0 saturated heterocycles. The number of alkyl halides is 2. The molecule has 2 aromatic rings. The standard InChI is InChI=1S/C17H18F2N2O3S/c1-21(11-12-4-6-13(7-5-12)24-17(18)19)15(22)8-9-20-16(23)14-3-2-10-25-14/h2-7,10,17H,8-9,11H2,1H3,(H,20,23). The third-order valence-electron chi connectivity index (χ3n) is 3.36. The number of nitrogens with one attached hydrogen (secondary N) is 1. The van der Waals surface area contributed by atoms with Crippen molar-refractivity contribution in [2.75, 3.05) is 13.6 Å². The second-order valence-corrected chi connectivity index (χ2v) is 6.20. The summed E-state index contributed by atoms with van der Waals surface area (Å²) in [5.74, 6) is -0.247. The van der Waals surface area contributed by atoms with Gasteiger partial charge in [-0.1, -0.05) is 18.2 Å². The van der Waals surface area contributed by atoms with Crippen LogP contribution >= 0.6 is 11.3 Å². The van der Waals surface area contributed by atoms with E-state index < -0.39 is 6.61 Å². The van der Waals surface area contributed by atoms with Gasteiger partial charge in [-0.2, -0.15) is 8.78 Å². The molecule has 8 heteroatoms.